The number of nitrogens with zero attached hydrogens (tertiary/aromatic N) is 2. The zero-order valence-electron chi connectivity index (χ0n) is 11.3. The average Bonchev–Trinajstić information content (AvgIpc) is 3.22. The highest BCUT2D eigenvalue weighted by atomic mass is 16.4. The van der Waals surface area contributed by atoms with Crippen molar-refractivity contribution in [3.63, 3.8) is 0 Å². The summed E-state index contributed by atoms with van der Waals surface area (Å²) in [4.78, 5) is 17.6. The molecule has 1 aliphatic rings. The van der Waals surface area contributed by atoms with E-state index in [4.69, 9.17) is 5.11 Å². The number of para-hydroxylation sites is 1. The van der Waals surface area contributed by atoms with Crippen LogP contribution in [0.3, 0.4) is 0 Å². The lowest BCUT2D eigenvalue weighted by Gasteiger charge is -2.19. The number of rotatable bonds is 6. The van der Waals surface area contributed by atoms with E-state index in [9.17, 15) is 4.79 Å². The maximum atomic E-state index is 11.0. The van der Waals surface area contributed by atoms with Crippen LogP contribution in [0, 0.1) is 5.92 Å². The number of fused-ring (bicyclic) bond motifs is 1. The van der Waals surface area contributed by atoms with Gasteiger partial charge in [0.15, 0.2) is 0 Å². The second-order valence-electron chi connectivity index (χ2n) is 5.50. The number of hydrogen-bond acceptors (Lipinski definition) is 3. The molecule has 0 bridgehead atoms. The lowest BCUT2D eigenvalue weighted by atomic mass is 10.2. The first-order valence-electron chi connectivity index (χ1n) is 6.99. The Morgan fingerprint density at radius 2 is 2.05 bits per heavy atom. The van der Waals surface area contributed by atoms with E-state index in [-0.39, 0.29) is 6.54 Å². The number of carboxylic acids is 1. The van der Waals surface area contributed by atoms with Crippen LogP contribution in [0.4, 0.5) is 0 Å². The largest absolute Gasteiger partial charge is 0.480 e. The molecule has 3 rings (SSSR count). The van der Waals surface area contributed by atoms with Gasteiger partial charge in [-0.1, -0.05) is 24.3 Å². The quantitative estimate of drug-likeness (QED) is 0.876. The molecule has 0 radical (unpaired) electrons. The molecule has 0 aliphatic heterocycles. The molecule has 1 fully saturated rings. The molecule has 1 aromatic heterocycles. The van der Waals surface area contributed by atoms with Gasteiger partial charge >= 0.3 is 5.97 Å². The minimum Gasteiger partial charge on any atom is -0.480 e. The number of aliphatic carboxylic acids is 1. The molecule has 104 valence electrons. The first-order chi connectivity index (χ1) is 9.70. The number of aromatic nitrogens is 1. The summed E-state index contributed by atoms with van der Waals surface area (Å²) in [5, 5.41) is 10.1. The van der Waals surface area contributed by atoms with Gasteiger partial charge < -0.3 is 5.11 Å². The van der Waals surface area contributed by atoms with E-state index in [1.54, 1.807) is 0 Å². The normalized spacial score (nSPS) is 14.8. The topological polar surface area (TPSA) is 53.4 Å². The zero-order chi connectivity index (χ0) is 13.9. The second kappa shape index (κ2) is 5.59. The van der Waals surface area contributed by atoms with Gasteiger partial charge in [-0.25, -0.2) is 0 Å². The SMILES string of the molecule is O=C(O)CN(Cc1ccc2ccccc2n1)CC1CC1. The molecule has 20 heavy (non-hydrogen) atoms. The Labute approximate surface area is 118 Å². The van der Waals surface area contributed by atoms with E-state index in [1.165, 1.54) is 12.8 Å². The number of hydrogen-bond donors (Lipinski definition) is 1. The Bertz CT molecular complexity index is 623. The molecule has 1 aromatic carbocycles. The third-order valence-electron chi connectivity index (χ3n) is 3.61. The molecule has 0 saturated heterocycles. The Hall–Kier alpha value is -1.94. The van der Waals surface area contributed by atoms with Crippen LogP contribution in [0.15, 0.2) is 36.4 Å². The summed E-state index contributed by atoms with van der Waals surface area (Å²) < 4.78 is 0. The van der Waals surface area contributed by atoms with Crippen LogP contribution in [-0.4, -0.2) is 34.0 Å². The van der Waals surface area contributed by atoms with Crippen LogP contribution in [0.1, 0.15) is 18.5 Å². The van der Waals surface area contributed by atoms with Crippen LogP contribution in [0.25, 0.3) is 10.9 Å². The van der Waals surface area contributed by atoms with Gasteiger partial charge in [0.25, 0.3) is 0 Å². The van der Waals surface area contributed by atoms with Crippen molar-refractivity contribution in [2.24, 2.45) is 5.92 Å². The van der Waals surface area contributed by atoms with Crippen LogP contribution in [-0.2, 0) is 11.3 Å². The number of carbonyl (C=O) groups is 1. The summed E-state index contributed by atoms with van der Waals surface area (Å²) in [6.45, 7) is 1.56. The van der Waals surface area contributed by atoms with Crippen molar-refractivity contribution in [1.29, 1.82) is 0 Å². The first-order valence-corrected chi connectivity index (χ1v) is 6.99. The van der Waals surface area contributed by atoms with Gasteiger partial charge in [-0.3, -0.25) is 14.7 Å². The smallest absolute Gasteiger partial charge is 0.317 e. The number of benzene rings is 1. The molecule has 1 N–H and O–H groups in total. The maximum Gasteiger partial charge on any atom is 0.317 e. The molecule has 1 aliphatic carbocycles. The molecule has 2 aromatic rings. The first kappa shape index (κ1) is 13.1. The summed E-state index contributed by atoms with van der Waals surface area (Å²) in [6.07, 6.45) is 2.45. The van der Waals surface area contributed by atoms with Gasteiger partial charge in [-0.15, -0.1) is 0 Å². The van der Waals surface area contributed by atoms with Crippen molar-refractivity contribution < 1.29 is 9.90 Å². The Kier molecular flexibility index (Phi) is 3.65. The molecule has 0 unspecified atom stereocenters. The predicted octanol–water partition coefficient (Wildman–Crippen LogP) is 2.53. The average molecular weight is 270 g/mol. The highest BCUT2D eigenvalue weighted by Crippen LogP contribution is 2.30. The minimum atomic E-state index is -0.772. The lowest BCUT2D eigenvalue weighted by molar-refractivity contribution is -0.138. The summed E-state index contributed by atoms with van der Waals surface area (Å²) in [6, 6.07) is 12.0. The number of pyridine rings is 1. The van der Waals surface area contributed by atoms with Crippen molar-refractivity contribution in [3.8, 4) is 0 Å². The Morgan fingerprint density at radius 1 is 1.25 bits per heavy atom. The van der Waals surface area contributed by atoms with Gasteiger partial charge in [0.05, 0.1) is 17.8 Å². The van der Waals surface area contributed by atoms with Gasteiger partial charge in [-0.05, 0) is 30.9 Å². The summed E-state index contributed by atoms with van der Waals surface area (Å²) in [5.41, 5.74) is 1.90. The van der Waals surface area contributed by atoms with Crippen LogP contribution >= 0.6 is 0 Å². The van der Waals surface area contributed by atoms with Crippen molar-refractivity contribution in [2.75, 3.05) is 13.1 Å². The molecule has 1 saturated carbocycles. The molecule has 1 heterocycles. The Balaban J connectivity index is 1.75. The van der Waals surface area contributed by atoms with E-state index in [0.29, 0.717) is 12.5 Å². The van der Waals surface area contributed by atoms with Gasteiger partial charge in [0.1, 0.15) is 0 Å². The third kappa shape index (κ3) is 3.33. The maximum absolute atomic E-state index is 11.0. The predicted molar refractivity (Wildman–Crippen MR) is 77.4 cm³/mol. The molecule has 0 atom stereocenters. The molecule has 4 nitrogen and oxygen atoms in total. The highest BCUT2D eigenvalue weighted by Gasteiger charge is 2.25. The van der Waals surface area contributed by atoms with E-state index < -0.39 is 5.97 Å². The van der Waals surface area contributed by atoms with Gasteiger partial charge in [0.2, 0.25) is 0 Å². The van der Waals surface area contributed by atoms with Crippen molar-refractivity contribution >= 4 is 16.9 Å². The van der Waals surface area contributed by atoms with Crippen molar-refractivity contribution in [1.82, 2.24) is 9.88 Å². The summed E-state index contributed by atoms with van der Waals surface area (Å²) in [7, 11) is 0. The lowest BCUT2D eigenvalue weighted by Crippen LogP contribution is -2.31. The van der Waals surface area contributed by atoms with E-state index in [0.717, 1.165) is 23.1 Å². The van der Waals surface area contributed by atoms with Crippen molar-refractivity contribution in [2.45, 2.75) is 19.4 Å². The van der Waals surface area contributed by atoms with Crippen LogP contribution in [0.2, 0.25) is 0 Å². The van der Waals surface area contributed by atoms with Crippen molar-refractivity contribution in [3.05, 3.63) is 42.1 Å². The molecule has 4 heteroatoms. The van der Waals surface area contributed by atoms with E-state index >= 15 is 0 Å². The van der Waals surface area contributed by atoms with E-state index in [2.05, 4.69) is 4.98 Å². The van der Waals surface area contributed by atoms with Crippen LogP contribution < -0.4 is 0 Å². The van der Waals surface area contributed by atoms with Crippen LogP contribution in [0.5, 0.6) is 0 Å². The van der Waals surface area contributed by atoms with Gasteiger partial charge in [-0.2, -0.15) is 0 Å². The standard InChI is InChI=1S/C16H18N2O2/c19-16(20)11-18(9-12-5-6-12)10-14-8-7-13-3-1-2-4-15(13)17-14/h1-4,7-8,12H,5-6,9-11H2,(H,19,20). The fourth-order valence-corrected chi connectivity index (χ4v) is 2.47. The monoisotopic (exact) mass is 270 g/mol. The van der Waals surface area contributed by atoms with Gasteiger partial charge in [0, 0.05) is 18.5 Å². The molecular formula is C16H18N2O2. The number of carboxylic acid groups (broad SMARTS) is 1. The fraction of sp³-hybridized carbons (Fsp3) is 0.375. The molecular weight excluding hydrogens is 252 g/mol. The minimum absolute atomic E-state index is 0.0883. The van der Waals surface area contributed by atoms with E-state index in [1.807, 2.05) is 41.3 Å². The highest BCUT2D eigenvalue weighted by molar-refractivity contribution is 5.78. The summed E-state index contributed by atoms with van der Waals surface area (Å²) in [5.74, 6) is -0.0961. The molecule has 0 spiro atoms. The third-order valence-corrected chi connectivity index (χ3v) is 3.61. The second-order valence-corrected chi connectivity index (χ2v) is 5.50. The summed E-state index contributed by atoms with van der Waals surface area (Å²) >= 11 is 0. The molecule has 0 amide bonds. The Morgan fingerprint density at radius 3 is 2.80 bits per heavy atom. The zero-order valence-corrected chi connectivity index (χ0v) is 11.3. The fourth-order valence-electron chi connectivity index (χ4n) is 2.47.